The van der Waals surface area contributed by atoms with Gasteiger partial charge in [0.2, 0.25) is 5.95 Å². The Hall–Kier alpha value is -2.89. The van der Waals surface area contributed by atoms with Gasteiger partial charge in [-0.05, 0) is 53.5 Å². The van der Waals surface area contributed by atoms with Gasteiger partial charge < -0.3 is 5.73 Å². The number of anilines is 1. The molecule has 0 aliphatic carbocycles. The smallest absolute Gasteiger partial charge is 0.219 e. The van der Waals surface area contributed by atoms with E-state index in [9.17, 15) is 0 Å². The summed E-state index contributed by atoms with van der Waals surface area (Å²) in [5.41, 5.74) is 11.4. The lowest BCUT2D eigenvalue weighted by Gasteiger charge is -2.18. The average Bonchev–Trinajstić information content (AvgIpc) is 2.68. The fourth-order valence-corrected chi connectivity index (χ4v) is 2.49. The summed E-state index contributed by atoms with van der Waals surface area (Å²) in [6.45, 7) is 23.3. The van der Waals surface area contributed by atoms with Crippen molar-refractivity contribution < 1.29 is 0 Å². The monoisotopic (exact) mass is 450 g/mol. The number of nitrogens with two attached hydrogens (primary N) is 1. The van der Waals surface area contributed by atoms with Crippen molar-refractivity contribution in [3.05, 3.63) is 71.1 Å². The maximum absolute atomic E-state index is 5.35. The van der Waals surface area contributed by atoms with Gasteiger partial charge in [0, 0.05) is 30.2 Å². The largest absolute Gasteiger partial charge is 0.368 e. The molecule has 0 atom stereocenters. The number of nitrogens with zero attached hydrogens (tertiary/aromatic N) is 5. The van der Waals surface area contributed by atoms with E-state index in [1.807, 2.05) is 31.5 Å². The minimum absolute atomic E-state index is 0.105. The molecule has 3 aromatic rings. The Morgan fingerprint density at radius 1 is 0.636 bits per heavy atom. The topological polar surface area (TPSA) is 90.5 Å². The van der Waals surface area contributed by atoms with Crippen molar-refractivity contribution in [1.29, 1.82) is 0 Å². The number of rotatable bonds is 0. The first-order valence-electron chi connectivity index (χ1n) is 11.3. The van der Waals surface area contributed by atoms with E-state index in [1.165, 1.54) is 11.1 Å². The second kappa shape index (κ2) is 11.3. The molecule has 6 heteroatoms. The van der Waals surface area contributed by atoms with Gasteiger partial charge in [0.1, 0.15) is 0 Å². The fourth-order valence-electron chi connectivity index (χ4n) is 2.49. The Kier molecular flexibility index (Phi) is 9.64. The van der Waals surface area contributed by atoms with Gasteiger partial charge in [-0.15, -0.1) is 0 Å². The molecule has 3 heterocycles. The molecular formula is C27H42N6. The zero-order valence-electron chi connectivity index (χ0n) is 22.4. The van der Waals surface area contributed by atoms with Gasteiger partial charge in [-0.25, -0.2) is 9.97 Å². The van der Waals surface area contributed by atoms with Crippen LogP contribution in [0.25, 0.3) is 0 Å². The van der Waals surface area contributed by atoms with Gasteiger partial charge >= 0.3 is 0 Å². The number of nitrogen functional groups attached to an aromatic ring is 1. The van der Waals surface area contributed by atoms with Gasteiger partial charge in [0.25, 0.3) is 0 Å². The third-order valence-corrected chi connectivity index (χ3v) is 4.85. The molecule has 0 saturated heterocycles. The van der Waals surface area contributed by atoms with E-state index >= 15 is 0 Å². The number of aromatic nitrogens is 5. The molecule has 2 N–H and O–H groups in total. The maximum atomic E-state index is 5.35. The molecule has 33 heavy (non-hydrogen) atoms. The summed E-state index contributed by atoms with van der Waals surface area (Å²) >= 11 is 0. The standard InChI is InChI=1S/C10H15N.C9H14N2.C8H13N3/c1-8-5-9(7-11-6-8)10(2,3)4;1-7-5-6-8(11-10-7)9(2,3)4;1-8(2,3)6-4-10-7(9)11-5-6/h5-7H,1-4H3;5-6H,1-4H3;4-5H,1-3H3,(H2,9,10,11). The van der Waals surface area contributed by atoms with Crippen LogP contribution in [-0.4, -0.2) is 25.1 Å². The van der Waals surface area contributed by atoms with Crippen LogP contribution < -0.4 is 5.73 Å². The zero-order valence-corrected chi connectivity index (χ0v) is 22.4. The minimum atomic E-state index is 0.105. The van der Waals surface area contributed by atoms with Crippen LogP contribution in [0, 0.1) is 13.8 Å². The number of pyridine rings is 1. The second-order valence-corrected chi connectivity index (χ2v) is 11.4. The van der Waals surface area contributed by atoms with E-state index in [0.717, 1.165) is 17.0 Å². The molecule has 0 aromatic carbocycles. The number of hydrogen-bond acceptors (Lipinski definition) is 6. The third-order valence-electron chi connectivity index (χ3n) is 4.85. The summed E-state index contributed by atoms with van der Waals surface area (Å²) in [5.74, 6) is 0.331. The highest BCUT2D eigenvalue weighted by molar-refractivity contribution is 5.23. The molecule has 3 rings (SSSR count). The molecule has 0 unspecified atom stereocenters. The Balaban J connectivity index is 0.000000247. The van der Waals surface area contributed by atoms with Gasteiger partial charge in [-0.2, -0.15) is 10.2 Å². The summed E-state index contributed by atoms with van der Waals surface area (Å²) in [4.78, 5) is 12.0. The highest BCUT2D eigenvalue weighted by Gasteiger charge is 2.15. The Labute approximate surface area is 200 Å². The summed E-state index contributed by atoms with van der Waals surface area (Å²) in [5, 5.41) is 8.10. The van der Waals surface area contributed by atoms with Crippen molar-refractivity contribution in [3.63, 3.8) is 0 Å². The minimum Gasteiger partial charge on any atom is -0.368 e. The lowest BCUT2D eigenvalue weighted by molar-refractivity contribution is 0.557. The molecular weight excluding hydrogens is 408 g/mol. The van der Waals surface area contributed by atoms with Crippen LogP contribution in [0.4, 0.5) is 5.95 Å². The first-order valence-corrected chi connectivity index (χ1v) is 11.3. The van der Waals surface area contributed by atoms with Crippen LogP contribution >= 0.6 is 0 Å². The number of hydrogen-bond donors (Lipinski definition) is 1. The lowest BCUT2D eigenvalue weighted by Crippen LogP contribution is -2.14. The highest BCUT2D eigenvalue weighted by Crippen LogP contribution is 2.21. The van der Waals surface area contributed by atoms with Crippen molar-refractivity contribution in [2.75, 3.05) is 5.73 Å². The second-order valence-electron chi connectivity index (χ2n) is 11.4. The summed E-state index contributed by atoms with van der Waals surface area (Å²) in [7, 11) is 0. The van der Waals surface area contributed by atoms with Crippen LogP contribution in [0.1, 0.15) is 90.4 Å². The molecule has 0 radical (unpaired) electrons. The molecule has 0 amide bonds. The van der Waals surface area contributed by atoms with Crippen molar-refractivity contribution in [3.8, 4) is 0 Å². The molecule has 0 aliphatic heterocycles. The first-order chi connectivity index (χ1) is 15.0. The van der Waals surface area contributed by atoms with E-state index in [-0.39, 0.29) is 16.2 Å². The Morgan fingerprint density at radius 2 is 1.18 bits per heavy atom. The molecule has 0 saturated carbocycles. The first kappa shape index (κ1) is 28.1. The van der Waals surface area contributed by atoms with Crippen molar-refractivity contribution in [1.82, 2.24) is 25.1 Å². The van der Waals surface area contributed by atoms with Crippen LogP contribution in [0.3, 0.4) is 0 Å². The molecule has 3 aromatic heterocycles. The predicted molar refractivity (Wildman–Crippen MR) is 138 cm³/mol. The molecule has 180 valence electrons. The van der Waals surface area contributed by atoms with Crippen LogP contribution in [0.5, 0.6) is 0 Å². The SMILES string of the molecule is CC(C)(C)c1cnc(N)nc1.Cc1ccc(C(C)(C)C)nn1.Cc1cncc(C(C)(C)C)c1. The number of aryl methyl sites for hydroxylation is 2. The van der Waals surface area contributed by atoms with Crippen LogP contribution in [-0.2, 0) is 16.2 Å². The molecule has 0 aliphatic rings. The van der Waals surface area contributed by atoms with Crippen LogP contribution in [0.15, 0.2) is 43.0 Å². The highest BCUT2D eigenvalue weighted by atomic mass is 15.1. The lowest BCUT2D eigenvalue weighted by atomic mass is 9.88. The van der Waals surface area contributed by atoms with E-state index in [2.05, 4.69) is 100 Å². The molecule has 6 nitrogen and oxygen atoms in total. The summed E-state index contributed by atoms with van der Waals surface area (Å²) in [6.07, 6.45) is 7.35. The van der Waals surface area contributed by atoms with Crippen molar-refractivity contribution in [2.45, 2.75) is 92.4 Å². The van der Waals surface area contributed by atoms with E-state index in [4.69, 9.17) is 5.73 Å². The summed E-state index contributed by atoms with van der Waals surface area (Å²) in [6, 6.07) is 6.21. The van der Waals surface area contributed by atoms with E-state index < -0.39 is 0 Å². The zero-order chi connectivity index (χ0) is 25.4. The van der Waals surface area contributed by atoms with Gasteiger partial charge in [-0.3, -0.25) is 4.98 Å². The van der Waals surface area contributed by atoms with Crippen molar-refractivity contribution in [2.24, 2.45) is 0 Å². The van der Waals surface area contributed by atoms with Crippen LogP contribution in [0.2, 0.25) is 0 Å². The normalized spacial score (nSPS) is 11.6. The van der Waals surface area contributed by atoms with E-state index in [1.54, 1.807) is 12.4 Å². The maximum Gasteiger partial charge on any atom is 0.219 e. The average molecular weight is 451 g/mol. The summed E-state index contributed by atoms with van der Waals surface area (Å²) < 4.78 is 0. The van der Waals surface area contributed by atoms with Crippen molar-refractivity contribution >= 4 is 5.95 Å². The van der Waals surface area contributed by atoms with Gasteiger partial charge in [-0.1, -0.05) is 68.4 Å². The third kappa shape index (κ3) is 10.5. The van der Waals surface area contributed by atoms with Gasteiger partial charge in [0.15, 0.2) is 0 Å². The predicted octanol–water partition coefficient (Wildman–Crippen LogP) is 6.13. The van der Waals surface area contributed by atoms with E-state index in [0.29, 0.717) is 5.95 Å². The Bertz CT molecular complexity index is 918. The molecule has 0 spiro atoms. The molecule has 0 fully saturated rings. The molecule has 0 bridgehead atoms. The van der Waals surface area contributed by atoms with Gasteiger partial charge in [0.05, 0.1) is 11.4 Å². The quantitative estimate of drug-likeness (QED) is 0.443. The fraction of sp³-hybridized carbons (Fsp3) is 0.519. The Morgan fingerprint density at radius 3 is 1.55 bits per heavy atom.